The van der Waals surface area contributed by atoms with E-state index in [1.807, 2.05) is 12.1 Å². The monoisotopic (exact) mass is 270 g/mol. The molecule has 0 aliphatic rings. The van der Waals surface area contributed by atoms with E-state index in [9.17, 15) is 0 Å². The van der Waals surface area contributed by atoms with E-state index in [0.717, 1.165) is 18.2 Å². The van der Waals surface area contributed by atoms with Crippen LogP contribution < -0.4 is 4.74 Å². The van der Waals surface area contributed by atoms with Gasteiger partial charge in [-0.1, -0.05) is 6.07 Å². The molecular weight excluding hydrogens is 248 g/mol. The number of aryl methyl sites for hydroxylation is 2. The van der Waals surface area contributed by atoms with Gasteiger partial charge in [0.05, 0.1) is 7.11 Å². The van der Waals surface area contributed by atoms with E-state index in [0.29, 0.717) is 0 Å². The number of benzene rings is 1. The molecule has 0 N–H and O–H groups in total. The molecule has 18 heavy (non-hydrogen) atoms. The van der Waals surface area contributed by atoms with Crippen LogP contribution in [0.15, 0.2) is 18.2 Å². The molecule has 0 heterocycles. The molecule has 0 radical (unpaired) electrons. The molecule has 0 fully saturated rings. The van der Waals surface area contributed by atoms with Crippen LogP contribution in [0.5, 0.6) is 5.75 Å². The SMILES string of the molecule is COc1cc(C)cc(CC[Si](OC)(OC)OC)c1. The average molecular weight is 270 g/mol. The lowest BCUT2D eigenvalue weighted by Gasteiger charge is -2.24. The molecular formula is C13H22O4Si. The molecule has 4 nitrogen and oxygen atoms in total. The zero-order valence-electron chi connectivity index (χ0n) is 11.8. The summed E-state index contributed by atoms with van der Waals surface area (Å²) in [6, 6.07) is 6.94. The molecule has 0 saturated carbocycles. The van der Waals surface area contributed by atoms with Crippen molar-refractivity contribution in [3.63, 3.8) is 0 Å². The summed E-state index contributed by atoms with van der Waals surface area (Å²) >= 11 is 0. The van der Waals surface area contributed by atoms with Gasteiger partial charge in [0.25, 0.3) is 0 Å². The van der Waals surface area contributed by atoms with Gasteiger partial charge in [-0.05, 0) is 36.6 Å². The highest BCUT2D eigenvalue weighted by atomic mass is 28.4. The van der Waals surface area contributed by atoms with Crippen LogP contribution in [0.1, 0.15) is 11.1 Å². The van der Waals surface area contributed by atoms with Crippen molar-refractivity contribution in [1.29, 1.82) is 0 Å². The minimum atomic E-state index is -2.49. The average Bonchev–Trinajstić information content (AvgIpc) is 2.40. The van der Waals surface area contributed by atoms with E-state index in [1.54, 1.807) is 28.4 Å². The van der Waals surface area contributed by atoms with Gasteiger partial charge in [0.1, 0.15) is 5.75 Å². The fourth-order valence-electron chi connectivity index (χ4n) is 1.94. The van der Waals surface area contributed by atoms with E-state index in [4.69, 9.17) is 18.0 Å². The lowest BCUT2D eigenvalue weighted by atomic mass is 10.1. The summed E-state index contributed by atoms with van der Waals surface area (Å²) in [5.74, 6) is 0.879. The van der Waals surface area contributed by atoms with E-state index in [2.05, 4.69) is 13.0 Å². The minimum absolute atomic E-state index is 0.753. The maximum absolute atomic E-state index is 5.41. The Kier molecular flexibility index (Phi) is 5.81. The molecule has 0 unspecified atom stereocenters. The second-order valence-electron chi connectivity index (χ2n) is 4.15. The second kappa shape index (κ2) is 6.89. The highest BCUT2D eigenvalue weighted by molar-refractivity contribution is 6.60. The van der Waals surface area contributed by atoms with Crippen molar-refractivity contribution in [2.24, 2.45) is 0 Å². The summed E-state index contributed by atoms with van der Waals surface area (Å²) in [5, 5.41) is 0. The fourth-order valence-corrected chi connectivity index (χ4v) is 3.65. The van der Waals surface area contributed by atoms with Crippen LogP contribution >= 0.6 is 0 Å². The first-order valence-corrected chi connectivity index (χ1v) is 7.82. The van der Waals surface area contributed by atoms with E-state index < -0.39 is 8.80 Å². The summed E-state index contributed by atoms with van der Waals surface area (Å²) in [6.45, 7) is 2.06. The minimum Gasteiger partial charge on any atom is -0.497 e. The third kappa shape index (κ3) is 3.81. The number of methoxy groups -OCH3 is 1. The zero-order chi connectivity index (χ0) is 13.6. The first-order valence-electron chi connectivity index (χ1n) is 5.89. The first kappa shape index (κ1) is 15.2. The van der Waals surface area contributed by atoms with Crippen LogP contribution in [0.25, 0.3) is 0 Å². The molecule has 0 spiro atoms. The third-order valence-electron chi connectivity index (χ3n) is 3.00. The highest BCUT2D eigenvalue weighted by Crippen LogP contribution is 2.21. The summed E-state index contributed by atoms with van der Waals surface area (Å²) < 4.78 is 21.5. The topological polar surface area (TPSA) is 36.9 Å². The molecule has 1 aromatic carbocycles. The largest absolute Gasteiger partial charge is 0.500 e. The van der Waals surface area contributed by atoms with Gasteiger partial charge in [0, 0.05) is 27.4 Å². The van der Waals surface area contributed by atoms with Crippen LogP contribution in [0, 0.1) is 6.92 Å². The van der Waals surface area contributed by atoms with Gasteiger partial charge >= 0.3 is 8.80 Å². The molecule has 0 amide bonds. The van der Waals surface area contributed by atoms with Crippen LogP contribution in [0.3, 0.4) is 0 Å². The van der Waals surface area contributed by atoms with Crippen molar-refractivity contribution >= 4 is 8.80 Å². The van der Waals surface area contributed by atoms with E-state index in [-0.39, 0.29) is 0 Å². The van der Waals surface area contributed by atoms with Crippen molar-refractivity contribution < 1.29 is 18.0 Å². The summed E-state index contributed by atoms with van der Waals surface area (Å²) in [4.78, 5) is 0. The fraction of sp³-hybridized carbons (Fsp3) is 0.538. The lowest BCUT2D eigenvalue weighted by Crippen LogP contribution is -2.43. The molecule has 1 rings (SSSR count). The van der Waals surface area contributed by atoms with Crippen molar-refractivity contribution in [2.75, 3.05) is 28.4 Å². The van der Waals surface area contributed by atoms with Crippen molar-refractivity contribution in [3.05, 3.63) is 29.3 Å². The summed E-state index contributed by atoms with van der Waals surface area (Å²) in [6.07, 6.45) is 0.847. The second-order valence-corrected chi connectivity index (χ2v) is 7.24. The Morgan fingerprint density at radius 1 is 0.944 bits per heavy atom. The normalized spacial score (nSPS) is 11.6. The Morgan fingerprint density at radius 2 is 1.56 bits per heavy atom. The van der Waals surface area contributed by atoms with Crippen LogP contribution in [0.2, 0.25) is 6.04 Å². The molecule has 5 heteroatoms. The predicted molar refractivity (Wildman–Crippen MR) is 73.0 cm³/mol. The number of ether oxygens (including phenoxy) is 1. The predicted octanol–water partition coefficient (Wildman–Crippen LogP) is 2.42. The summed E-state index contributed by atoms with van der Waals surface area (Å²) in [5.41, 5.74) is 2.39. The van der Waals surface area contributed by atoms with Gasteiger partial charge in [0.2, 0.25) is 0 Å². The van der Waals surface area contributed by atoms with E-state index in [1.165, 1.54) is 11.1 Å². The van der Waals surface area contributed by atoms with Gasteiger partial charge in [-0.2, -0.15) is 0 Å². The van der Waals surface area contributed by atoms with Crippen molar-refractivity contribution in [2.45, 2.75) is 19.4 Å². The number of hydrogen-bond acceptors (Lipinski definition) is 4. The summed E-state index contributed by atoms with van der Waals surface area (Å²) in [7, 11) is 4.10. The maximum atomic E-state index is 5.41. The van der Waals surface area contributed by atoms with Gasteiger partial charge in [-0.3, -0.25) is 0 Å². The maximum Gasteiger partial charge on any atom is 0.500 e. The van der Waals surface area contributed by atoms with Crippen LogP contribution in [-0.4, -0.2) is 37.2 Å². The molecule has 0 bridgehead atoms. The highest BCUT2D eigenvalue weighted by Gasteiger charge is 2.37. The van der Waals surface area contributed by atoms with Crippen molar-refractivity contribution in [1.82, 2.24) is 0 Å². The number of rotatable bonds is 7. The zero-order valence-corrected chi connectivity index (χ0v) is 12.8. The Morgan fingerprint density at radius 3 is 2.06 bits per heavy atom. The first-order chi connectivity index (χ1) is 8.59. The molecule has 0 aliphatic heterocycles. The molecule has 0 aliphatic carbocycles. The van der Waals surface area contributed by atoms with Gasteiger partial charge < -0.3 is 18.0 Å². The molecule has 0 aromatic heterocycles. The Labute approximate surface area is 110 Å². The lowest BCUT2D eigenvalue weighted by molar-refractivity contribution is 0.123. The Balaban J connectivity index is 2.76. The third-order valence-corrected chi connectivity index (χ3v) is 5.73. The Bertz CT molecular complexity index is 369. The smallest absolute Gasteiger partial charge is 0.497 e. The van der Waals surface area contributed by atoms with Crippen LogP contribution in [0.4, 0.5) is 0 Å². The number of hydrogen-bond donors (Lipinski definition) is 0. The van der Waals surface area contributed by atoms with E-state index >= 15 is 0 Å². The van der Waals surface area contributed by atoms with Crippen LogP contribution in [-0.2, 0) is 19.7 Å². The van der Waals surface area contributed by atoms with Crippen molar-refractivity contribution in [3.8, 4) is 5.75 Å². The quantitative estimate of drug-likeness (QED) is 0.713. The van der Waals surface area contributed by atoms with Gasteiger partial charge in [-0.25, -0.2) is 0 Å². The molecule has 102 valence electrons. The van der Waals surface area contributed by atoms with Gasteiger partial charge in [-0.15, -0.1) is 0 Å². The molecule has 1 aromatic rings. The standard InChI is InChI=1S/C13H22O4Si/c1-11-8-12(10-13(9-11)14-2)6-7-18(15-3,16-4)17-5/h8-10H,6-7H2,1-5H3. The molecule has 0 atom stereocenters. The molecule has 0 saturated heterocycles. The Hall–Kier alpha value is -0.883. The van der Waals surface area contributed by atoms with Gasteiger partial charge in [0.15, 0.2) is 0 Å².